The lowest BCUT2D eigenvalue weighted by Gasteiger charge is -2.43. The first-order valence-electron chi connectivity index (χ1n) is 10.5. The maximum absolute atomic E-state index is 9.36. The lowest BCUT2D eigenvalue weighted by Crippen LogP contribution is -2.66. The Morgan fingerprint density at radius 2 is 1.62 bits per heavy atom. The van der Waals surface area contributed by atoms with Crippen LogP contribution in [0.4, 0.5) is 0 Å². The summed E-state index contributed by atoms with van der Waals surface area (Å²) < 4.78 is 7.06. The van der Waals surface area contributed by atoms with Gasteiger partial charge in [-0.25, -0.2) is 0 Å². The molecule has 1 N–H and O–H groups in total. The maximum atomic E-state index is 9.36. The van der Waals surface area contributed by atoms with Crippen LogP contribution >= 0.6 is 11.8 Å². The third-order valence-electron chi connectivity index (χ3n) is 6.11. The first-order valence-corrected chi connectivity index (χ1v) is 13.4. The second-order valence-electron chi connectivity index (χ2n) is 9.19. The molecule has 3 nitrogen and oxygen atoms in total. The minimum atomic E-state index is -2.45. The summed E-state index contributed by atoms with van der Waals surface area (Å²) in [5.41, 5.74) is 0. The highest BCUT2D eigenvalue weighted by atomic mass is 32.2. The molecule has 0 radical (unpaired) electrons. The van der Waals surface area contributed by atoms with Gasteiger partial charge in [0.2, 0.25) is 0 Å². The molecular formula is C24H31NO2SSi. The van der Waals surface area contributed by atoms with Gasteiger partial charge >= 0.3 is 0 Å². The minimum Gasteiger partial charge on any atom is -0.407 e. The molecule has 2 aliphatic rings. The predicted molar refractivity (Wildman–Crippen MR) is 126 cm³/mol. The van der Waals surface area contributed by atoms with Crippen LogP contribution in [0, 0.1) is 11.8 Å². The molecule has 1 fully saturated rings. The summed E-state index contributed by atoms with van der Waals surface area (Å²) in [6.45, 7) is 7.92. The fourth-order valence-corrected chi connectivity index (χ4v) is 10.3. The van der Waals surface area contributed by atoms with Crippen molar-refractivity contribution in [3.8, 4) is 0 Å². The molecule has 4 rings (SSSR count). The molecule has 0 unspecified atom stereocenters. The van der Waals surface area contributed by atoms with E-state index in [0.29, 0.717) is 11.8 Å². The first kappa shape index (κ1) is 20.9. The van der Waals surface area contributed by atoms with Crippen molar-refractivity contribution in [3.63, 3.8) is 0 Å². The average molecular weight is 426 g/mol. The summed E-state index contributed by atoms with van der Waals surface area (Å²) >= 11 is 1.83. The standard InChI is InChI=1S/C24H31NO2SSi/c1-24(2,3)29(20-10-6-4-7-11-20,21-12-8-5-9-13-21)27-16-18-14-22(18)23-25-19(15-26)17-28-23/h4-13,18-19,22,26H,14-17H2,1-3H3/t18-,19-,22-/m1/s1. The average Bonchev–Trinajstić information content (AvgIpc) is 3.34. The molecule has 1 aliphatic carbocycles. The molecule has 0 amide bonds. The molecule has 0 bridgehead atoms. The van der Waals surface area contributed by atoms with Crippen molar-refractivity contribution < 1.29 is 9.53 Å². The Labute approximate surface area is 179 Å². The fourth-order valence-electron chi connectivity index (χ4n) is 4.46. The lowest BCUT2D eigenvalue weighted by molar-refractivity contribution is 0.276. The van der Waals surface area contributed by atoms with E-state index in [4.69, 9.17) is 9.42 Å². The van der Waals surface area contributed by atoms with Gasteiger partial charge in [0, 0.05) is 18.3 Å². The Balaban J connectivity index is 1.60. The number of aliphatic hydroxyl groups is 1. The predicted octanol–water partition coefficient (Wildman–Crippen LogP) is 3.71. The van der Waals surface area contributed by atoms with E-state index in [2.05, 4.69) is 81.4 Å². The number of hydrogen-bond donors (Lipinski definition) is 1. The highest BCUT2D eigenvalue weighted by Crippen LogP contribution is 2.46. The van der Waals surface area contributed by atoms with Crippen LogP contribution in [0.5, 0.6) is 0 Å². The van der Waals surface area contributed by atoms with Crippen molar-refractivity contribution in [2.24, 2.45) is 16.8 Å². The highest BCUT2D eigenvalue weighted by Gasteiger charge is 2.52. The summed E-state index contributed by atoms with van der Waals surface area (Å²) in [6, 6.07) is 21.8. The summed E-state index contributed by atoms with van der Waals surface area (Å²) in [5, 5.41) is 13.3. The van der Waals surface area contributed by atoms with Gasteiger partial charge in [0.25, 0.3) is 8.32 Å². The van der Waals surface area contributed by atoms with Gasteiger partial charge in [0.1, 0.15) is 0 Å². The third-order valence-corrected chi connectivity index (χ3v) is 12.4. The molecule has 2 aromatic rings. The first-order chi connectivity index (χ1) is 14.0. The zero-order chi connectivity index (χ0) is 20.5. The van der Waals surface area contributed by atoms with E-state index in [-0.39, 0.29) is 17.7 Å². The monoisotopic (exact) mass is 425 g/mol. The van der Waals surface area contributed by atoms with Crippen molar-refractivity contribution in [3.05, 3.63) is 60.7 Å². The Bertz CT molecular complexity index is 811. The van der Waals surface area contributed by atoms with Crippen LogP contribution in [-0.4, -0.2) is 43.5 Å². The molecular weight excluding hydrogens is 394 g/mol. The van der Waals surface area contributed by atoms with Gasteiger partial charge < -0.3 is 9.53 Å². The number of rotatable bonds is 7. The maximum Gasteiger partial charge on any atom is 0.261 e. The van der Waals surface area contributed by atoms with E-state index in [0.717, 1.165) is 18.8 Å². The smallest absolute Gasteiger partial charge is 0.261 e. The van der Waals surface area contributed by atoms with Crippen LogP contribution in [0.15, 0.2) is 65.7 Å². The van der Waals surface area contributed by atoms with E-state index in [9.17, 15) is 5.11 Å². The van der Waals surface area contributed by atoms with Gasteiger partial charge in [-0.1, -0.05) is 81.4 Å². The van der Waals surface area contributed by atoms with Crippen molar-refractivity contribution >= 4 is 35.5 Å². The number of aliphatic imine (C=N–C) groups is 1. The number of hydrogen-bond acceptors (Lipinski definition) is 4. The molecule has 0 saturated heterocycles. The third kappa shape index (κ3) is 4.11. The molecule has 3 atom stereocenters. The van der Waals surface area contributed by atoms with Gasteiger partial charge in [-0.15, -0.1) is 11.8 Å². The Kier molecular flexibility index (Phi) is 6.03. The second-order valence-corrected chi connectivity index (χ2v) is 14.5. The number of benzene rings is 2. The van der Waals surface area contributed by atoms with Crippen LogP contribution in [-0.2, 0) is 4.43 Å². The molecule has 2 aromatic carbocycles. The van der Waals surface area contributed by atoms with Crippen LogP contribution in [0.3, 0.4) is 0 Å². The molecule has 1 saturated carbocycles. The van der Waals surface area contributed by atoms with Crippen molar-refractivity contribution in [2.45, 2.75) is 38.3 Å². The Morgan fingerprint density at radius 3 is 2.10 bits per heavy atom. The van der Waals surface area contributed by atoms with Gasteiger partial charge in [-0.2, -0.15) is 0 Å². The van der Waals surface area contributed by atoms with E-state index in [1.54, 1.807) is 0 Å². The SMILES string of the molecule is CC(C)(C)[Si](OC[C@H]1C[C@H]1C1=N[C@H](CO)CS1)(c1ccccc1)c1ccccc1. The zero-order valence-electron chi connectivity index (χ0n) is 17.5. The number of thioether (sulfide) groups is 1. The summed E-state index contributed by atoms with van der Waals surface area (Å²) in [6.07, 6.45) is 1.15. The van der Waals surface area contributed by atoms with Crippen LogP contribution in [0.25, 0.3) is 0 Å². The molecule has 154 valence electrons. The van der Waals surface area contributed by atoms with Gasteiger partial charge in [-0.05, 0) is 27.8 Å². The van der Waals surface area contributed by atoms with Crippen molar-refractivity contribution in [2.75, 3.05) is 19.0 Å². The van der Waals surface area contributed by atoms with Crippen LogP contribution in [0.1, 0.15) is 27.2 Å². The van der Waals surface area contributed by atoms with Gasteiger partial charge in [0.15, 0.2) is 0 Å². The van der Waals surface area contributed by atoms with E-state index in [1.807, 2.05) is 11.8 Å². The second kappa shape index (κ2) is 8.38. The summed E-state index contributed by atoms with van der Waals surface area (Å²) in [5.74, 6) is 1.99. The zero-order valence-corrected chi connectivity index (χ0v) is 19.4. The summed E-state index contributed by atoms with van der Waals surface area (Å²) in [7, 11) is -2.45. The van der Waals surface area contributed by atoms with Crippen molar-refractivity contribution in [1.82, 2.24) is 0 Å². The molecule has 29 heavy (non-hydrogen) atoms. The summed E-state index contributed by atoms with van der Waals surface area (Å²) in [4.78, 5) is 4.71. The highest BCUT2D eigenvalue weighted by molar-refractivity contribution is 8.14. The quantitative estimate of drug-likeness (QED) is 0.688. The Morgan fingerprint density at radius 1 is 1.03 bits per heavy atom. The topological polar surface area (TPSA) is 41.8 Å². The fraction of sp³-hybridized carbons (Fsp3) is 0.458. The number of nitrogens with zero attached hydrogens (tertiary/aromatic N) is 1. The lowest BCUT2D eigenvalue weighted by atomic mass is 10.2. The van der Waals surface area contributed by atoms with Crippen LogP contribution in [0.2, 0.25) is 5.04 Å². The van der Waals surface area contributed by atoms with Crippen molar-refractivity contribution in [1.29, 1.82) is 0 Å². The molecule has 0 spiro atoms. The van der Waals surface area contributed by atoms with E-state index >= 15 is 0 Å². The van der Waals surface area contributed by atoms with Crippen LogP contribution < -0.4 is 10.4 Å². The number of aliphatic hydroxyl groups excluding tert-OH is 1. The molecule has 0 aromatic heterocycles. The normalized spacial score (nSPS) is 24.4. The minimum absolute atomic E-state index is 0.0156. The van der Waals surface area contributed by atoms with Gasteiger partial charge in [0.05, 0.1) is 17.7 Å². The van der Waals surface area contributed by atoms with E-state index < -0.39 is 8.32 Å². The largest absolute Gasteiger partial charge is 0.407 e. The molecule has 1 aliphatic heterocycles. The molecule has 5 heteroatoms. The van der Waals surface area contributed by atoms with Gasteiger partial charge in [-0.3, -0.25) is 4.99 Å². The Hall–Kier alpha value is -1.40. The van der Waals surface area contributed by atoms with E-state index in [1.165, 1.54) is 15.4 Å². The molecule has 1 heterocycles.